The van der Waals surface area contributed by atoms with E-state index in [1.165, 1.54) is 10.4 Å². The van der Waals surface area contributed by atoms with Crippen LogP contribution in [-0.2, 0) is 0 Å². The van der Waals surface area contributed by atoms with E-state index in [0.717, 1.165) is 5.75 Å². The van der Waals surface area contributed by atoms with Crippen molar-refractivity contribution in [3.63, 3.8) is 0 Å². The third-order valence-electron chi connectivity index (χ3n) is 6.49. The monoisotopic (exact) mass is 386 g/mol. The SMILES string of the molecule is COc1ccc([Si](C)(C)[C@@H]2[C@@H](O)[C@@H](O)[C@@H]2[Si](C)(C)c2ccccc2)cc1. The van der Waals surface area contributed by atoms with Crippen molar-refractivity contribution in [2.24, 2.45) is 0 Å². The molecule has 1 aliphatic rings. The van der Waals surface area contributed by atoms with E-state index in [9.17, 15) is 10.2 Å². The fourth-order valence-corrected chi connectivity index (χ4v) is 14.4. The second-order valence-electron chi connectivity index (χ2n) is 8.57. The summed E-state index contributed by atoms with van der Waals surface area (Å²) in [4.78, 5) is 0. The summed E-state index contributed by atoms with van der Waals surface area (Å²) < 4.78 is 5.29. The lowest BCUT2D eigenvalue weighted by atomic mass is 9.90. The molecule has 1 saturated carbocycles. The van der Waals surface area contributed by atoms with E-state index in [2.05, 4.69) is 62.6 Å². The zero-order chi connectivity index (χ0) is 19.1. The van der Waals surface area contributed by atoms with E-state index in [4.69, 9.17) is 4.74 Å². The van der Waals surface area contributed by atoms with Crippen LogP contribution in [-0.4, -0.2) is 45.7 Å². The number of aliphatic hydroxyl groups is 2. The molecule has 0 amide bonds. The van der Waals surface area contributed by atoms with Crippen molar-refractivity contribution in [1.29, 1.82) is 0 Å². The quantitative estimate of drug-likeness (QED) is 0.777. The molecule has 0 spiro atoms. The van der Waals surface area contributed by atoms with Crippen LogP contribution in [0.3, 0.4) is 0 Å². The number of methoxy groups -OCH3 is 1. The van der Waals surface area contributed by atoms with Gasteiger partial charge < -0.3 is 14.9 Å². The van der Waals surface area contributed by atoms with Gasteiger partial charge in [-0.3, -0.25) is 0 Å². The molecule has 0 aromatic heterocycles. The zero-order valence-corrected chi connectivity index (χ0v) is 18.3. The molecule has 3 rings (SSSR count). The van der Waals surface area contributed by atoms with E-state index in [0.29, 0.717) is 0 Å². The van der Waals surface area contributed by atoms with E-state index >= 15 is 0 Å². The molecule has 0 unspecified atom stereocenters. The Morgan fingerprint density at radius 1 is 0.692 bits per heavy atom. The lowest BCUT2D eigenvalue weighted by molar-refractivity contribution is -0.0546. The maximum atomic E-state index is 10.7. The highest BCUT2D eigenvalue weighted by atomic mass is 28.3. The minimum atomic E-state index is -1.97. The van der Waals surface area contributed by atoms with Crippen LogP contribution < -0.4 is 15.1 Å². The molecule has 3 nitrogen and oxygen atoms in total. The molecule has 4 atom stereocenters. The summed E-state index contributed by atoms with van der Waals surface area (Å²) >= 11 is 0. The summed E-state index contributed by atoms with van der Waals surface area (Å²) in [5.74, 6) is 0.850. The first-order valence-electron chi connectivity index (χ1n) is 9.27. The van der Waals surface area contributed by atoms with Crippen LogP contribution in [0, 0.1) is 0 Å². The number of benzene rings is 2. The topological polar surface area (TPSA) is 49.7 Å². The summed E-state index contributed by atoms with van der Waals surface area (Å²) in [5.41, 5.74) is 0.330. The normalized spacial score (nSPS) is 26.3. The Morgan fingerprint density at radius 2 is 1.12 bits per heavy atom. The molecule has 0 radical (unpaired) electrons. The van der Waals surface area contributed by atoms with E-state index in [-0.39, 0.29) is 11.1 Å². The largest absolute Gasteiger partial charge is 0.497 e. The summed E-state index contributed by atoms with van der Waals surface area (Å²) in [5, 5.41) is 24.1. The van der Waals surface area contributed by atoms with Gasteiger partial charge in [-0.25, -0.2) is 0 Å². The summed E-state index contributed by atoms with van der Waals surface area (Å²) in [7, 11) is -2.22. The smallest absolute Gasteiger partial charge is 0.118 e. The van der Waals surface area contributed by atoms with Crippen molar-refractivity contribution >= 4 is 26.5 Å². The fourth-order valence-electron chi connectivity index (χ4n) is 4.73. The molecular formula is C21H30O3Si2. The fraction of sp³-hybridized carbons (Fsp3) is 0.429. The Morgan fingerprint density at radius 3 is 1.54 bits per heavy atom. The predicted molar refractivity (Wildman–Crippen MR) is 113 cm³/mol. The van der Waals surface area contributed by atoms with Crippen molar-refractivity contribution in [2.45, 2.75) is 49.5 Å². The highest BCUT2D eigenvalue weighted by Crippen LogP contribution is 2.55. The van der Waals surface area contributed by atoms with Gasteiger partial charge in [0.1, 0.15) is 5.75 Å². The molecular weight excluding hydrogens is 356 g/mol. The molecule has 1 aliphatic carbocycles. The van der Waals surface area contributed by atoms with Gasteiger partial charge in [0.05, 0.1) is 35.5 Å². The summed E-state index contributed by atoms with van der Waals surface area (Å²) in [6.45, 7) is 9.29. The second kappa shape index (κ2) is 6.96. The van der Waals surface area contributed by atoms with Crippen molar-refractivity contribution < 1.29 is 14.9 Å². The van der Waals surface area contributed by atoms with Gasteiger partial charge in [0, 0.05) is 0 Å². The number of hydrogen-bond acceptors (Lipinski definition) is 3. The van der Waals surface area contributed by atoms with Crippen LogP contribution >= 0.6 is 0 Å². The lowest BCUT2D eigenvalue weighted by Gasteiger charge is -2.58. The maximum Gasteiger partial charge on any atom is 0.118 e. The molecule has 0 aliphatic heterocycles. The molecule has 0 bridgehead atoms. The molecule has 26 heavy (non-hydrogen) atoms. The Balaban J connectivity index is 1.96. The van der Waals surface area contributed by atoms with Crippen LogP contribution in [0.1, 0.15) is 0 Å². The Labute approximate surface area is 158 Å². The highest BCUT2D eigenvalue weighted by molar-refractivity contribution is 6.97. The van der Waals surface area contributed by atoms with Crippen LogP contribution in [0.4, 0.5) is 0 Å². The number of ether oxygens (including phenoxy) is 1. The van der Waals surface area contributed by atoms with Gasteiger partial charge in [-0.1, -0.05) is 79.0 Å². The van der Waals surface area contributed by atoms with E-state index in [1.54, 1.807) is 7.11 Å². The van der Waals surface area contributed by atoms with Crippen molar-refractivity contribution in [1.82, 2.24) is 0 Å². The number of aliphatic hydroxyl groups excluding tert-OH is 2. The average Bonchev–Trinajstić information content (AvgIpc) is 2.65. The van der Waals surface area contributed by atoms with Crippen LogP contribution in [0.15, 0.2) is 54.6 Å². The molecule has 2 N–H and O–H groups in total. The first kappa shape index (κ1) is 19.4. The Hall–Kier alpha value is -1.41. The van der Waals surface area contributed by atoms with Gasteiger partial charge in [0.25, 0.3) is 0 Å². The molecule has 0 heterocycles. The minimum absolute atomic E-state index is 0.160. The number of rotatable bonds is 5. The van der Waals surface area contributed by atoms with Gasteiger partial charge in [0.15, 0.2) is 0 Å². The molecule has 2 aromatic carbocycles. The Bertz CT molecular complexity index is 744. The standard InChI is InChI=1S/C21H30O3Si2/c1-24-15-11-13-17(14-12-15)26(4,5)21-19(23)18(22)20(21)25(2,3)16-9-7-6-8-10-16/h6-14,18-23H,1-5H3/t18-,19+,20+,21-/m1/s1. The van der Waals surface area contributed by atoms with Crippen LogP contribution in [0.2, 0.25) is 37.3 Å². The molecule has 1 fully saturated rings. The van der Waals surface area contributed by atoms with E-state index < -0.39 is 28.4 Å². The van der Waals surface area contributed by atoms with Crippen LogP contribution in [0.5, 0.6) is 5.75 Å². The minimum Gasteiger partial charge on any atom is -0.497 e. The molecule has 2 aromatic rings. The molecule has 5 heteroatoms. The second-order valence-corrected chi connectivity index (χ2v) is 17.9. The van der Waals surface area contributed by atoms with Crippen molar-refractivity contribution in [3.8, 4) is 5.75 Å². The molecule has 140 valence electrons. The summed E-state index contributed by atoms with van der Waals surface area (Å²) in [6, 6.07) is 18.8. The van der Waals surface area contributed by atoms with Gasteiger partial charge in [0.2, 0.25) is 0 Å². The van der Waals surface area contributed by atoms with Crippen LogP contribution in [0.25, 0.3) is 0 Å². The number of hydrogen-bond donors (Lipinski definition) is 2. The average molecular weight is 387 g/mol. The van der Waals surface area contributed by atoms with Crippen molar-refractivity contribution in [2.75, 3.05) is 7.11 Å². The Kier molecular flexibility index (Phi) is 5.18. The predicted octanol–water partition coefficient (Wildman–Crippen LogP) is 2.70. The lowest BCUT2D eigenvalue weighted by Crippen LogP contribution is -2.70. The highest BCUT2D eigenvalue weighted by Gasteiger charge is 2.61. The maximum absolute atomic E-state index is 10.7. The van der Waals surface area contributed by atoms with Gasteiger partial charge >= 0.3 is 0 Å². The summed E-state index contributed by atoms with van der Waals surface area (Å²) in [6.07, 6.45) is -1.24. The van der Waals surface area contributed by atoms with Gasteiger partial charge in [-0.15, -0.1) is 0 Å². The first-order chi connectivity index (χ1) is 12.2. The first-order valence-corrected chi connectivity index (χ1v) is 15.4. The van der Waals surface area contributed by atoms with Gasteiger partial charge in [-0.2, -0.15) is 0 Å². The van der Waals surface area contributed by atoms with Gasteiger partial charge in [-0.05, 0) is 23.2 Å². The third-order valence-corrected chi connectivity index (χ3v) is 15.2. The van der Waals surface area contributed by atoms with Crippen molar-refractivity contribution in [3.05, 3.63) is 54.6 Å². The van der Waals surface area contributed by atoms with E-state index in [1.807, 2.05) is 18.2 Å². The third kappa shape index (κ3) is 3.07. The molecule has 0 saturated heterocycles. The zero-order valence-electron chi connectivity index (χ0n) is 16.3.